The Morgan fingerprint density at radius 1 is 0.475 bits per heavy atom. The van der Waals surface area contributed by atoms with E-state index in [1.165, 1.54) is 0 Å². The molecule has 6 nitrogen and oxygen atoms in total. The van der Waals surface area contributed by atoms with Gasteiger partial charge in [-0.3, -0.25) is 4.55 Å². The summed E-state index contributed by atoms with van der Waals surface area (Å²) in [6, 6.07) is -0.219. The quantitative estimate of drug-likeness (QED) is 0.0708. The van der Waals surface area contributed by atoms with E-state index >= 15 is 0 Å². The van der Waals surface area contributed by atoms with Crippen molar-refractivity contribution in [2.45, 2.75) is 95.0 Å². The van der Waals surface area contributed by atoms with Gasteiger partial charge in [-0.1, -0.05) is 0 Å². The Balaban J connectivity index is 3.33. The van der Waals surface area contributed by atoms with Gasteiger partial charge >= 0.3 is 83.7 Å². The first-order chi connectivity index (χ1) is 26.5. The van der Waals surface area contributed by atoms with Gasteiger partial charge in [0.2, 0.25) is 0 Å². The number of hydrogen-bond donors (Lipinski definition) is 1. The Kier molecular flexibility index (Phi) is 14.9. The van der Waals surface area contributed by atoms with Crippen LogP contribution >= 0.6 is 0 Å². The second kappa shape index (κ2) is 16.3. The molecule has 0 aliphatic rings. The number of alkyl halides is 29. The molecule has 0 aliphatic heterocycles. The van der Waals surface area contributed by atoms with Gasteiger partial charge in [-0.15, -0.1) is 0 Å². The van der Waals surface area contributed by atoms with E-state index in [0.29, 0.717) is 0 Å². The van der Waals surface area contributed by atoms with Crippen LogP contribution in [0.4, 0.5) is 127 Å². The van der Waals surface area contributed by atoms with Gasteiger partial charge < -0.3 is 14.2 Å². The van der Waals surface area contributed by atoms with Crippen molar-refractivity contribution in [2.24, 2.45) is 0 Å². The highest BCUT2D eigenvalue weighted by molar-refractivity contribution is 7.85. The third-order valence-corrected chi connectivity index (χ3v) is 8.25. The Morgan fingerprint density at radius 3 is 1.28 bits per heavy atom. The highest BCUT2D eigenvalue weighted by Crippen LogP contribution is 2.64. The van der Waals surface area contributed by atoms with Crippen LogP contribution in [0.3, 0.4) is 0 Å². The maximum atomic E-state index is 14.3. The van der Waals surface area contributed by atoms with Gasteiger partial charge in [0.25, 0.3) is 10.1 Å². The average molecular weight is 994 g/mol. The zero-order valence-corrected chi connectivity index (χ0v) is 28.5. The second-order valence-corrected chi connectivity index (χ2v) is 13.0. The van der Waals surface area contributed by atoms with Gasteiger partial charge in [-0.25, -0.2) is 8.78 Å². The van der Waals surface area contributed by atoms with Gasteiger partial charge in [-0.2, -0.15) is 127 Å². The van der Waals surface area contributed by atoms with E-state index < -0.39 is 143 Å². The molecule has 0 amide bonds. The van der Waals surface area contributed by atoms with Gasteiger partial charge in [0.05, 0.1) is 18.1 Å². The van der Waals surface area contributed by atoms with Crippen LogP contribution in [-0.4, -0.2) is 123 Å². The van der Waals surface area contributed by atoms with Crippen LogP contribution in [0.25, 0.3) is 0 Å². The first-order valence-electron chi connectivity index (χ1n) is 14.3. The monoisotopic (exact) mass is 994 g/mol. The Bertz CT molecular complexity index is 1790. The molecule has 1 aromatic rings. The molecule has 0 saturated carbocycles. The molecule has 0 heterocycles. The van der Waals surface area contributed by atoms with Gasteiger partial charge in [0.15, 0.2) is 18.1 Å². The highest BCUT2D eigenvalue weighted by atomic mass is 32.2. The molecule has 0 radical (unpaired) electrons. The first kappa shape index (κ1) is 55.7. The summed E-state index contributed by atoms with van der Waals surface area (Å²) in [5.41, 5.74) is 0. The van der Waals surface area contributed by atoms with Crippen LogP contribution in [0, 0.1) is 0 Å². The van der Waals surface area contributed by atoms with E-state index in [9.17, 15) is 136 Å². The van der Waals surface area contributed by atoms with E-state index in [4.69, 9.17) is 4.55 Å². The Hall–Kier alpha value is -3.34. The van der Waals surface area contributed by atoms with Crippen molar-refractivity contribution in [3.05, 3.63) is 18.2 Å². The molecule has 0 aromatic heterocycles. The largest absolute Gasteiger partial charge is 0.487 e. The minimum absolute atomic E-state index is 0.0387. The minimum atomic E-state index is -8.83. The zero-order chi connectivity index (χ0) is 49.1. The average Bonchev–Trinajstić information content (AvgIpc) is 3.07. The smallest absolute Gasteiger partial charge is 0.460 e. The SMILES string of the molecule is O=S(=O)(O)c1ccc(OCCOCCC(F)(F)C(F)(F)C(F)(F)C(F)(F)C(F)(F)C(F)(F)F)c(OCC(F)(F)C(F)(F)C(F)(F)C(F)(F)C(F)(F)C(F)(F)C(F)(F)C(F)F)c1. The normalized spacial score (nSPS) is 15.7. The predicted octanol–water partition coefficient (Wildman–Crippen LogP) is 10.5. The molecule has 0 saturated heterocycles. The molecule has 0 unspecified atom stereocenters. The fourth-order valence-electron chi connectivity index (χ4n) is 3.78. The summed E-state index contributed by atoms with van der Waals surface area (Å²) in [4.78, 5) is -1.63. The fourth-order valence-corrected chi connectivity index (χ4v) is 4.28. The lowest BCUT2D eigenvalue weighted by Gasteiger charge is -2.42. The molecule has 61 heavy (non-hydrogen) atoms. The molecule has 0 fully saturated rings. The van der Waals surface area contributed by atoms with Crippen molar-refractivity contribution in [3.8, 4) is 11.5 Å². The molecular formula is C25H15F29O6S. The summed E-state index contributed by atoms with van der Waals surface area (Å²) < 4.78 is 433. The number of benzene rings is 1. The molecule has 0 spiro atoms. The van der Waals surface area contributed by atoms with Gasteiger partial charge in [-0.05, 0) is 12.1 Å². The number of halogens is 29. The predicted molar refractivity (Wildman–Crippen MR) is 134 cm³/mol. The van der Waals surface area contributed by atoms with Crippen molar-refractivity contribution in [2.75, 3.05) is 26.4 Å². The van der Waals surface area contributed by atoms with E-state index in [-0.39, 0.29) is 18.2 Å². The maximum absolute atomic E-state index is 14.3. The zero-order valence-electron chi connectivity index (χ0n) is 27.7. The summed E-state index contributed by atoms with van der Waals surface area (Å²) in [6.07, 6.45) is -16.8. The van der Waals surface area contributed by atoms with E-state index in [1.54, 1.807) is 0 Å². The summed E-state index contributed by atoms with van der Waals surface area (Å²) in [6.45, 7) is -8.79. The van der Waals surface area contributed by atoms with Crippen molar-refractivity contribution in [1.82, 2.24) is 0 Å². The van der Waals surface area contributed by atoms with Crippen LogP contribution in [0.1, 0.15) is 6.42 Å². The van der Waals surface area contributed by atoms with Crippen molar-refractivity contribution < 1.29 is 155 Å². The number of rotatable bonds is 22. The lowest BCUT2D eigenvalue weighted by molar-refractivity contribution is -0.447. The summed E-state index contributed by atoms with van der Waals surface area (Å²) in [5, 5.41) is 0. The van der Waals surface area contributed by atoms with Crippen molar-refractivity contribution >= 4 is 10.1 Å². The summed E-state index contributed by atoms with van der Waals surface area (Å²) >= 11 is 0. The van der Waals surface area contributed by atoms with Crippen LogP contribution < -0.4 is 9.47 Å². The lowest BCUT2D eigenvalue weighted by Crippen LogP contribution is -2.74. The Morgan fingerprint density at radius 2 is 0.869 bits per heavy atom. The van der Waals surface area contributed by atoms with Crippen LogP contribution in [0.15, 0.2) is 23.1 Å². The third-order valence-electron chi connectivity index (χ3n) is 7.40. The summed E-state index contributed by atoms with van der Waals surface area (Å²) in [7, 11) is -5.62. The van der Waals surface area contributed by atoms with Gasteiger partial charge in [0.1, 0.15) is 6.61 Å². The molecule has 0 atom stereocenters. The molecule has 0 aliphatic carbocycles. The molecule has 1 N–H and O–H groups in total. The first-order valence-corrected chi connectivity index (χ1v) is 15.7. The standard InChI is InChI=1S/C25H15F29O6S/c26-12(27)15(32,33)18(38,39)21(44,45)22(46,47)20(42,43)17(36,37)14(30,31)8-60-11-7-9(61(55,56)57)1-2-10(11)59-6-5-58-4-3-13(28,29)16(34,35)19(40,41)23(48,49)24(50,51)25(52,53)54/h1-2,7,12H,3-6,8H2,(H,55,56,57). The van der Waals surface area contributed by atoms with E-state index in [0.717, 1.165) is 0 Å². The maximum Gasteiger partial charge on any atom is 0.460 e. The topological polar surface area (TPSA) is 82.1 Å². The van der Waals surface area contributed by atoms with Crippen LogP contribution in [0.2, 0.25) is 0 Å². The third kappa shape index (κ3) is 9.06. The molecule has 36 heteroatoms. The van der Waals surface area contributed by atoms with E-state index in [1.807, 2.05) is 0 Å². The molecular weight excluding hydrogens is 979 g/mol. The van der Waals surface area contributed by atoms with Gasteiger partial charge in [0, 0.05) is 12.5 Å². The molecule has 0 bridgehead atoms. The van der Waals surface area contributed by atoms with Crippen molar-refractivity contribution in [3.63, 3.8) is 0 Å². The van der Waals surface area contributed by atoms with E-state index in [2.05, 4.69) is 14.2 Å². The second-order valence-electron chi connectivity index (χ2n) is 11.6. The summed E-state index contributed by atoms with van der Waals surface area (Å²) in [5.74, 6) is -100. The number of hydrogen-bond acceptors (Lipinski definition) is 5. The number of ether oxygens (including phenoxy) is 3. The highest BCUT2D eigenvalue weighted by Gasteiger charge is 2.94. The lowest BCUT2D eigenvalue weighted by atomic mass is 9.89. The Labute approximate surface area is 316 Å². The molecule has 1 rings (SSSR count). The fraction of sp³-hybridized carbons (Fsp3) is 0.760. The van der Waals surface area contributed by atoms with Crippen LogP contribution in [-0.2, 0) is 14.9 Å². The molecule has 1 aromatic carbocycles. The van der Waals surface area contributed by atoms with Crippen LogP contribution in [0.5, 0.6) is 11.5 Å². The minimum Gasteiger partial charge on any atom is -0.487 e. The molecule has 360 valence electrons. The van der Waals surface area contributed by atoms with Crippen molar-refractivity contribution in [1.29, 1.82) is 0 Å².